The molecule has 0 aromatic carbocycles. The highest BCUT2D eigenvalue weighted by Gasteiger charge is 2.03. The summed E-state index contributed by atoms with van der Waals surface area (Å²) < 4.78 is 6.93. The standard InChI is InChI=1S/C9H15N3OS/c1-13-7-3-2-5-12-6-4-11-9(12)8(10)14/h4,6H,2-3,5,7H2,1H3,(H2,10,14). The average Bonchev–Trinajstić information content (AvgIpc) is 2.60. The summed E-state index contributed by atoms with van der Waals surface area (Å²) in [5.41, 5.74) is 5.51. The molecular weight excluding hydrogens is 198 g/mol. The number of hydrogen-bond acceptors (Lipinski definition) is 3. The van der Waals surface area contributed by atoms with Gasteiger partial charge in [0, 0.05) is 32.7 Å². The molecule has 4 nitrogen and oxygen atoms in total. The van der Waals surface area contributed by atoms with Gasteiger partial charge in [-0.25, -0.2) is 4.98 Å². The van der Waals surface area contributed by atoms with Crippen LogP contribution in [0.1, 0.15) is 18.7 Å². The van der Waals surface area contributed by atoms with E-state index in [2.05, 4.69) is 4.98 Å². The quantitative estimate of drug-likeness (QED) is 0.564. The Morgan fingerprint density at radius 2 is 2.43 bits per heavy atom. The molecule has 14 heavy (non-hydrogen) atoms. The van der Waals surface area contributed by atoms with Crippen molar-refractivity contribution >= 4 is 17.2 Å². The molecule has 1 rings (SSSR count). The molecule has 0 atom stereocenters. The maximum atomic E-state index is 5.51. The molecule has 0 fully saturated rings. The van der Waals surface area contributed by atoms with Crippen molar-refractivity contribution in [1.29, 1.82) is 0 Å². The minimum Gasteiger partial charge on any atom is -0.387 e. The molecule has 0 bridgehead atoms. The van der Waals surface area contributed by atoms with Crippen LogP contribution in [0.25, 0.3) is 0 Å². The average molecular weight is 213 g/mol. The van der Waals surface area contributed by atoms with Gasteiger partial charge in [0.2, 0.25) is 0 Å². The molecule has 0 saturated carbocycles. The number of unbranched alkanes of at least 4 members (excludes halogenated alkanes) is 1. The largest absolute Gasteiger partial charge is 0.387 e. The van der Waals surface area contributed by atoms with E-state index in [-0.39, 0.29) is 0 Å². The van der Waals surface area contributed by atoms with Gasteiger partial charge in [0.1, 0.15) is 4.99 Å². The first kappa shape index (κ1) is 11.1. The lowest BCUT2D eigenvalue weighted by Gasteiger charge is -2.05. The Hall–Kier alpha value is -0.940. The molecule has 0 saturated heterocycles. The first-order valence-electron chi connectivity index (χ1n) is 4.55. The van der Waals surface area contributed by atoms with Gasteiger partial charge in [0.25, 0.3) is 0 Å². The third-order valence-corrected chi connectivity index (χ3v) is 2.12. The van der Waals surface area contributed by atoms with E-state index in [1.807, 2.05) is 10.8 Å². The Balaban J connectivity index is 2.42. The van der Waals surface area contributed by atoms with Crippen molar-refractivity contribution in [3.05, 3.63) is 18.2 Å². The fourth-order valence-corrected chi connectivity index (χ4v) is 1.41. The first-order chi connectivity index (χ1) is 6.75. The number of thiocarbonyl (C=S) groups is 1. The Kier molecular flexibility index (Phi) is 4.55. The van der Waals surface area contributed by atoms with E-state index in [1.54, 1.807) is 13.3 Å². The Morgan fingerprint density at radius 3 is 3.07 bits per heavy atom. The van der Waals surface area contributed by atoms with Crippen LogP contribution in [0.15, 0.2) is 12.4 Å². The van der Waals surface area contributed by atoms with Crippen LogP contribution >= 0.6 is 12.2 Å². The summed E-state index contributed by atoms with van der Waals surface area (Å²) >= 11 is 4.87. The van der Waals surface area contributed by atoms with Crippen molar-refractivity contribution in [2.75, 3.05) is 13.7 Å². The lowest BCUT2D eigenvalue weighted by atomic mass is 10.3. The molecule has 1 aromatic heterocycles. The van der Waals surface area contributed by atoms with Gasteiger partial charge in [-0.1, -0.05) is 12.2 Å². The fraction of sp³-hybridized carbons (Fsp3) is 0.556. The van der Waals surface area contributed by atoms with E-state index < -0.39 is 0 Å². The van der Waals surface area contributed by atoms with Gasteiger partial charge in [0.05, 0.1) is 0 Å². The normalized spacial score (nSPS) is 10.4. The predicted molar refractivity (Wildman–Crippen MR) is 59.2 cm³/mol. The lowest BCUT2D eigenvalue weighted by molar-refractivity contribution is 0.191. The summed E-state index contributed by atoms with van der Waals surface area (Å²) in [6.45, 7) is 1.67. The molecule has 0 radical (unpaired) electrons. The number of aromatic nitrogens is 2. The molecule has 78 valence electrons. The minimum atomic E-state index is 0.349. The number of nitrogens with two attached hydrogens (primary N) is 1. The molecule has 0 amide bonds. The molecular formula is C9H15N3OS. The van der Waals surface area contributed by atoms with Crippen LogP contribution in [0.3, 0.4) is 0 Å². The number of methoxy groups -OCH3 is 1. The van der Waals surface area contributed by atoms with Crippen LogP contribution in [-0.2, 0) is 11.3 Å². The number of aryl methyl sites for hydroxylation is 1. The van der Waals surface area contributed by atoms with Crippen LogP contribution in [0.2, 0.25) is 0 Å². The second-order valence-electron chi connectivity index (χ2n) is 3.01. The number of hydrogen-bond donors (Lipinski definition) is 1. The highest BCUT2D eigenvalue weighted by atomic mass is 32.1. The van der Waals surface area contributed by atoms with Gasteiger partial charge in [-0.05, 0) is 12.8 Å². The summed E-state index contributed by atoms with van der Waals surface area (Å²) in [5, 5.41) is 0. The van der Waals surface area contributed by atoms with Crippen LogP contribution in [-0.4, -0.2) is 28.3 Å². The third kappa shape index (κ3) is 3.08. The number of ether oxygens (including phenoxy) is 1. The van der Waals surface area contributed by atoms with E-state index in [1.165, 1.54) is 0 Å². The van der Waals surface area contributed by atoms with Crippen molar-refractivity contribution in [1.82, 2.24) is 9.55 Å². The first-order valence-corrected chi connectivity index (χ1v) is 4.96. The molecule has 0 aliphatic rings. The number of imidazole rings is 1. The summed E-state index contributed by atoms with van der Waals surface area (Å²) in [6.07, 6.45) is 5.68. The summed E-state index contributed by atoms with van der Waals surface area (Å²) in [4.78, 5) is 4.43. The molecule has 0 aliphatic carbocycles. The van der Waals surface area contributed by atoms with Crippen LogP contribution in [0.5, 0.6) is 0 Å². The number of nitrogens with zero attached hydrogens (tertiary/aromatic N) is 2. The predicted octanol–water partition coefficient (Wildman–Crippen LogP) is 0.944. The van der Waals surface area contributed by atoms with Crippen molar-refractivity contribution < 1.29 is 4.74 Å². The summed E-state index contributed by atoms with van der Waals surface area (Å²) in [7, 11) is 1.71. The second kappa shape index (κ2) is 5.72. The zero-order chi connectivity index (χ0) is 10.4. The molecule has 1 aromatic rings. The van der Waals surface area contributed by atoms with Crippen LogP contribution in [0, 0.1) is 0 Å². The van der Waals surface area contributed by atoms with Crippen molar-refractivity contribution in [2.45, 2.75) is 19.4 Å². The molecule has 1 heterocycles. The maximum absolute atomic E-state index is 5.51. The summed E-state index contributed by atoms with van der Waals surface area (Å²) in [6, 6.07) is 0. The van der Waals surface area contributed by atoms with Crippen LogP contribution in [0.4, 0.5) is 0 Å². The van der Waals surface area contributed by atoms with Gasteiger partial charge >= 0.3 is 0 Å². The minimum absolute atomic E-state index is 0.349. The van der Waals surface area contributed by atoms with Crippen molar-refractivity contribution in [3.63, 3.8) is 0 Å². The molecule has 5 heteroatoms. The highest BCUT2D eigenvalue weighted by Crippen LogP contribution is 2.01. The highest BCUT2D eigenvalue weighted by molar-refractivity contribution is 7.80. The Morgan fingerprint density at radius 1 is 1.64 bits per heavy atom. The molecule has 2 N–H and O–H groups in total. The Labute approximate surface area is 89.1 Å². The van der Waals surface area contributed by atoms with Gasteiger partial charge < -0.3 is 15.0 Å². The van der Waals surface area contributed by atoms with Gasteiger partial charge in [-0.2, -0.15) is 0 Å². The fourth-order valence-electron chi connectivity index (χ4n) is 1.24. The van der Waals surface area contributed by atoms with Gasteiger partial charge in [-0.15, -0.1) is 0 Å². The smallest absolute Gasteiger partial charge is 0.167 e. The Bertz CT molecular complexity index is 298. The van der Waals surface area contributed by atoms with Crippen molar-refractivity contribution in [3.8, 4) is 0 Å². The second-order valence-corrected chi connectivity index (χ2v) is 3.45. The monoisotopic (exact) mass is 213 g/mol. The van der Waals surface area contributed by atoms with Crippen molar-refractivity contribution in [2.24, 2.45) is 5.73 Å². The molecule has 0 spiro atoms. The van der Waals surface area contributed by atoms with E-state index in [9.17, 15) is 0 Å². The molecule has 0 unspecified atom stereocenters. The molecule has 0 aliphatic heterocycles. The van der Waals surface area contributed by atoms with E-state index in [0.29, 0.717) is 10.8 Å². The van der Waals surface area contributed by atoms with Gasteiger partial charge in [0.15, 0.2) is 5.82 Å². The SMILES string of the molecule is COCCCCn1ccnc1C(N)=S. The van der Waals surface area contributed by atoms with E-state index in [0.717, 1.165) is 26.0 Å². The topological polar surface area (TPSA) is 53.1 Å². The zero-order valence-electron chi connectivity index (χ0n) is 8.27. The van der Waals surface area contributed by atoms with Crippen LogP contribution < -0.4 is 5.73 Å². The van der Waals surface area contributed by atoms with Gasteiger partial charge in [-0.3, -0.25) is 0 Å². The van der Waals surface area contributed by atoms with E-state index >= 15 is 0 Å². The number of rotatable bonds is 6. The van der Waals surface area contributed by atoms with E-state index in [4.69, 9.17) is 22.7 Å². The lowest BCUT2D eigenvalue weighted by Crippen LogP contribution is -2.17. The zero-order valence-corrected chi connectivity index (χ0v) is 9.09. The third-order valence-electron chi connectivity index (χ3n) is 1.93. The summed E-state index contributed by atoms with van der Waals surface area (Å²) in [5.74, 6) is 0.692. The maximum Gasteiger partial charge on any atom is 0.167 e.